The van der Waals surface area contributed by atoms with E-state index in [4.69, 9.17) is 0 Å². The van der Waals surface area contributed by atoms with Crippen LogP contribution >= 0.6 is 0 Å². The van der Waals surface area contributed by atoms with Crippen molar-refractivity contribution in [2.75, 3.05) is 16.8 Å². The molecular weight excluding hydrogens is 300 g/mol. The molecule has 2 heterocycles. The second-order valence-electron chi connectivity index (χ2n) is 6.87. The lowest BCUT2D eigenvalue weighted by Crippen LogP contribution is -2.32. The number of anilines is 2. The summed E-state index contributed by atoms with van der Waals surface area (Å²) in [6.45, 7) is 4.77. The molecule has 1 aliphatic heterocycles. The van der Waals surface area contributed by atoms with Crippen LogP contribution in [0.15, 0.2) is 30.5 Å². The molecule has 5 nitrogen and oxygen atoms in total. The first-order valence-electron chi connectivity index (χ1n) is 8.59. The van der Waals surface area contributed by atoms with Gasteiger partial charge in [0.05, 0.1) is 22.6 Å². The van der Waals surface area contributed by atoms with Crippen molar-refractivity contribution < 1.29 is 4.79 Å². The maximum Gasteiger partial charge on any atom is 0.259 e. The van der Waals surface area contributed by atoms with Gasteiger partial charge in [-0.25, -0.2) is 9.97 Å². The Bertz CT molecular complexity index is 789. The number of para-hydroxylation sites is 2. The molecule has 2 fully saturated rings. The summed E-state index contributed by atoms with van der Waals surface area (Å²) in [4.78, 5) is 23.6. The molecule has 1 saturated carbocycles. The minimum Gasteiger partial charge on any atom is -0.367 e. The standard InChI is InChI=1S/C19H22N4O/c1-12-16(10-20-13(2)21-12)19(24)22-17-5-3-4-6-18(17)23-11-14-7-8-15(23)9-14/h3-6,10,14-15H,7-9,11H2,1-2H3,(H,22,24)/t14-,15-/m0/s1. The lowest BCUT2D eigenvalue weighted by molar-refractivity contribution is 0.102. The summed E-state index contributed by atoms with van der Waals surface area (Å²) < 4.78 is 0. The van der Waals surface area contributed by atoms with E-state index in [9.17, 15) is 4.79 Å². The summed E-state index contributed by atoms with van der Waals surface area (Å²) in [7, 11) is 0. The monoisotopic (exact) mass is 322 g/mol. The van der Waals surface area contributed by atoms with Crippen LogP contribution in [0.25, 0.3) is 0 Å². The second kappa shape index (κ2) is 5.89. The average Bonchev–Trinajstić information content (AvgIpc) is 3.18. The Balaban J connectivity index is 1.60. The fourth-order valence-electron chi connectivity index (χ4n) is 4.05. The number of aromatic nitrogens is 2. The lowest BCUT2D eigenvalue weighted by Gasteiger charge is -2.31. The highest BCUT2D eigenvalue weighted by molar-refractivity contribution is 6.06. The van der Waals surface area contributed by atoms with E-state index >= 15 is 0 Å². The quantitative estimate of drug-likeness (QED) is 0.941. The number of aryl methyl sites for hydroxylation is 2. The van der Waals surface area contributed by atoms with E-state index in [0.29, 0.717) is 23.1 Å². The van der Waals surface area contributed by atoms with E-state index in [0.717, 1.165) is 23.8 Å². The number of nitrogens with one attached hydrogen (secondary N) is 1. The molecule has 2 aromatic rings. The third kappa shape index (κ3) is 2.64. The molecule has 2 aliphatic rings. The van der Waals surface area contributed by atoms with Gasteiger partial charge >= 0.3 is 0 Å². The van der Waals surface area contributed by atoms with E-state index in [1.807, 2.05) is 32.0 Å². The van der Waals surface area contributed by atoms with Crippen LogP contribution in [0, 0.1) is 19.8 Å². The fourth-order valence-corrected chi connectivity index (χ4v) is 4.05. The zero-order chi connectivity index (χ0) is 16.7. The highest BCUT2D eigenvalue weighted by Gasteiger charge is 2.38. The molecule has 2 atom stereocenters. The first kappa shape index (κ1) is 15.1. The lowest BCUT2D eigenvalue weighted by atomic mass is 10.1. The van der Waals surface area contributed by atoms with Crippen LogP contribution in [0.2, 0.25) is 0 Å². The van der Waals surface area contributed by atoms with E-state index < -0.39 is 0 Å². The Morgan fingerprint density at radius 2 is 2.08 bits per heavy atom. The normalized spacial score (nSPS) is 22.0. The number of hydrogen-bond donors (Lipinski definition) is 1. The van der Waals surface area contributed by atoms with Crippen molar-refractivity contribution in [1.82, 2.24) is 9.97 Å². The smallest absolute Gasteiger partial charge is 0.259 e. The van der Waals surface area contributed by atoms with Crippen LogP contribution in [0.4, 0.5) is 11.4 Å². The first-order chi connectivity index (χ1) is 11.6. The van der Waals surface area contributed by atoms with Crippen LogP contribution in [0.5, 0.6) is 0 Å². The van der Waals surface area contributed by atoms with Gasteiger partial charge in [-0.15, -0.1) is 0 Å². The van der Waals surface area contributed by atoms with Crippen molar-refractivity contribution in [3.05, 3.63) is 47.5 Å². The van der Waals surface area contributed by atoms with Crippen LogP contribution in [0.3, 0.4) is 0 Å². The predicted molar refractivity (Wildman–Crippen MR) is 94.4 cm³/mol. The van der Waals surface area contributed by atoms with Crippen LogP contribution in [-0.2, 0) is 0 Å². The summed E-state index contributed by atoms with van der Waals surface area (Å²) in [6.07, 6.45) is 5.49. The molecule has 0 radical (unpaired) electrons. The number of carbonyl (C=O) groups excluding carboxylic acids is 1. The van der Waals surface area contributed by atoms with Crippen LogP contribution in [0.1, 0.15) is 41.1 Å². The summed E-state index contributed by atoms with van der Waals surface area (Å²) in [6, 6.07) is 8.71. The van der Waals surface area contributed by atoms with Crippen molar-refractivity contribution in [3.8, 4) is 0 Å². The van der Waals surface area contributed by atoms with Gasteiger partial charge < -0.3 is 10.2 Å². The number of hydrogen-bond acceptors (Lipinski definition) is 4. The molecule has 24 heavy (non-hydrogen) atoms. The van der Waals surface area contributed by atoms with Crippen molar-refractivity contribution >= 4 is 17.3 Å². The van der Waals surface area contributed by atoms with Gasteiger partial charge in [-0.3, -0.25) is 4.79 Å². The fraction of sp³-hybridized carbons (Fsp3) is 0.421. The van der Waals surface area contributed by atoms with Gasteiger partial charge in [-0.05, 0) is 51.2 Å². The largest absolute Gasteiger partial charge is 0.367 e. The van der Waals surface area contributed by atoms with Crippen molar-refractivity contribution in [1.29, 1.82) is 0 Å². The molecule has 5 heteroatoms. The molecule has 1 aliphatic carbocycles. The summed E-state index contributed by atoms with van der Waals surface area (Å²) in [5, 5.41) is 3.06. The van der Waals surface area contributed by atoms with E-state index in [2.05, 4.69) is 26.3 Å². The van der Waals surface area contributed by atoms with E-state index in [1.165, 1.54) is 19.3 Å². The molecule has 1 aromatic heterocycles. The molecule has 4 rings (SSSR count). The van der Waals surface area contributed by atoms with Gasteiger partial charge in [0.1, 0.15) is 5.82 Å². The summed E-state index contributed by atoms with van der Waals surface area (Å²) in [5.74, 6) is 1.34. The SMILES string of the molecule is Cc1ncc(C(=O)Nc2ccccc2N2C[C@H]3CC[C@H]2C3)c(C)n1. The molecular formula is C19H22N4O. The topological polar surface area (TPSA) is 58.1 Å². The summed E-state index contributed by atoms with van der Waals surface area (Å²) >= 11 is 0. The Morgan fingerprint density at radius 3 is 2.79 bits per heavy atom. The van der Waals surface area contributed by atoms with Crippen molar-refractivity contribution in [2.45, 2.75) is 39.2 Å². The van der Waals surface area contributed by atoms with Gasteiger partial charge in [0.15, 0.2) is 0 Å². The van der Waals surface area contributed by atoms with E-state index in [1.54, 1.807) is 6.20 Å². The van der Waals surface area contributed by atoms with Gasteiger partial charge in [0.2, 0.25) is 0 Å². The zero-order valence-electron chi connectivity index (χ0n) is 14.1. The maximum absolute atomic E-state index is 12.7. The minimum absolute atomic E-state index is 0.149. The van der Waals surface area contributed by atoms with Crippen molar-refractivity contribution in [2.24, 2.45) is 5.92 Å². The summed E-state index contributed by atoms with van der Waals surface area (Å²) in [5.41, 5.74) is 3.23. The molecule has 0 unspecified atom stereocenters. The molecule has 2 bridgehead atoms. The molecule has 1 N–H and O–H groups in total. The number of fused-ring (bicyclic) bond motifs is 2. The van der Waals surface area contributed by atoms with Gasteiger partial charge in [-0.2, -0.15) is 0 Å². The molecule has 1 amide bonds. The second-order valence-corrected chi connectivity index (χ2v) is 6.87. The van der Waals surface area contributed by atoms with Gasteiger partial charge in [0, 0.05) is 18.8 Å². The third-order valence-electron chi connectivity index (χ3n) is 5.22. The zero-order valence-corrected chi connectivity index (χ0v) is 14.1. The third-order valence-corrected chi connectivity index (χ3v) is 5.22. The van der Waals surface area contributed by atoms with Gasteiger partial charge in [0.25, 0.3) is 5.91 Å². The van der Waals surface area contributed by atoms with Gasteiger partial charge in [-0.1, -0.05) is 12.1 Å². The maximum atomic E-state index is 12.7. The van der Waals surface area contributed by atoms with Crippen molar-refractivity contribution in [3.63, 3.8) is 0 Å². The molecule has 0 spiro atoms. The number of amides is 1. The Kier molecular flexibility index (Phi) is 3.71. The first-order valence-corrected chi connectivity index (χ1v) is 8.59. The molecule has 1 aromatic carbocycles. The average molecular weight is 322 g/mol. The Hall–Kier alpha value is -2.43. The van der Waals surface area contributed by atoms with Crippen LogP contribution in [-0.4, -0.2) is 28.5 Å². The number of piperidine rings is 1. The molecule has 124 valence electrons. The highest BCUT2D eigenvalue weighted by Crippen LogP contribution is 2.42. The number of rotatable bonds is 3. The predicted octanol–water partition coefficient (Wildman–Crippen LogP) is 3.33. The number of benzene rings is 1. The number of nitrogens with zero attached hydrogens (tertiary/aromatic N) is 3. The minimum atomic E-state index is -0.149. The Labute approximate surface area is 142 Å². The molecule has 1 saturated heterocycles. The van der Waals surface area contributed by atoms with E-state index in [-0.39, 0.29) is 5.91 Å². The van der Waals surface area contributed by atoms with Crippen LogP contribution < -0.4 is 10.2 Å². The number of carbonyl (C=O) groups is 1. The Morgan fingerprint density at radius 1 is 1.25 bits per heavy atom. The highest BCUT2D eigenvalue weighted by atomic mass is 16.1.